The summed E-state index contributed by atoms with van der Waals surface area (Å²) in [5.41, 5.74) is 9.19. The molecule has 164 valence electrons. The van der Waals surface area contributed by atoms with Gasteiger partial charge in [-0.1, -0.05) is 48.0 Å². The monoisotopic (exact) mass is 440 g/mol. The Labute approximate surface area is 190 Å². The fourth-order valence-electron chi connectivity index (χ4n) is 3.92. The zero-order valence-corrected chi connectivity index (χ0v) is 17.8. The fourth-order valence-corrected chi connectivity index (χ4v) is 3.92. The number of hydrogen-bond donors (Lipinski definition) is 1. The van der Waals surface area contributed by atoms with Crippen molar-refractivity contribution in [2.75, 3.05) is 6.61 Å². The van der Waals surface area contributed by atoms with E-state index in [0.29, 0.717) is 22.8 Å². The van der Waals surface area contributed by atoms with Crippen molar-refractivity contribution in [1.82, 2.24) is 0 Å². The second kappa shape index (κ2) is 8.24. The van der Waals surface area contributed by atoms with E-state index in [4.69, 9.17) is 24.7 Å². The molecule has 0 amide bonds. The van der Waals surface area contributed by atoms with Crippen LogP contribution in [0.2, 0.25) is 0 Å². The van der Waals surface area contributed by atoms with Gasteiger partial charge in [-0.3, -0.25) is 0 Å². The van der Waals surface area contributed by atoms with Gasteiger partial charge in [-0.25, -0.2) is 4.79 Å². The van der Waals surface area contributed by atoms with E-state index in [9.17, 15) is 10.1 Å². The largest absolute Gasteiger partial charge is 0.485 e. The van der Waals surface area contributed by atoms with E-state index in [1.165, 1.54) is 0 Å². The Kier molecular flexibility index (Phi) is 5.11. The molecule has 0 saturated carbocycles. The molecule has 7 nitrogen and oxygen atoms in total. The maximum atomic E-state index is 12.7. The Morgan fingerprint density at radius 1 is 1.06 bits per heavy atom. The van der Waals surface area contributed by atoms with E-state index in [1.807, 2.05) is 37.3 Å². The summed E-state index contributed by atoms with van der Waals surface area (Å²) < 4.78 is 22.6. The molecule has 2 unspecified atom stereocenters. The predicted molar refractivity (Wildman–Crippen MR) is 119 cm³/mol. The molecule has 0 aromatic heterocycles. The third-order valence-corrected chi connectivity index (χ3v) is 5.59. The Morgan fingerprint density at radius 2 is 1.82 bits per heavy atom. The number of nitrogens with zero attached hydrogens (tertiary/aromatic N) is 1. The molecule has 2 aliphatic rings. The fraction of sp³-hybridized carbons (Fsp3) is 0.154. The third kappa shape index (κ3) is 3.83. The molecule has 2 atom stereocenters. The van der Waals surface area contributed by atoms with Crippen molar-refractivity contribution in [3.63, 3.8) is 0 Å². The number of esters is 1. The van der Waals surface area contributed by atoms with Crippen LogP contribution in [-0.2, 0) is 4.79 Å². The minimum Gasteiger partial charge on any atom is -0.485 e. The maximum absolute atomic E-state index is 12.7. The molecular formula is C26H20N2O5. The summed E-state index contributed by atoms with van der Waals surface area (Å²) in [5, 5.41) is 9.70. The average molecular weight is 440 g/mol. The van der Waals surface area contributed by atoms with Crippen LogP contribution in [-0.4, -0.2) is 18.7 Å². The van der Waals surface area contributed by atoms with Gasteiger partial charge in [0.05, 0.1) is 5.92 Å². The van der Waals surface area contributed by atoms with Gasteiger partial charge in [-0.2, -0.15) is 5.26 Å². The van der Waals surface area contributed by atoms with Crippen LogP contribution in [0.3, 0.4) is 0 Å². The van der Waals surface area contributed by atoms with Gasteiger partial charge >= 0.3 is 5.97 Å². The number of ether oxygens (including phenoxy) is 4. The molecule has 2 N–H and O–H groups in total. The van der Waals surface area contributed by atoms with Crippen molar-refractivity contribution in [1.29, 1.82) is 5.26 Å². The highest BCUT2D eigenvalue weighted by Crippen LogP contribution is 2.43. The third-order valence-electron chi connectivity index (χ3n) is 5.59. The molecule has 7 heteroatoms. The number of aryl methyl sites for hydroxylation is 1. The summed E-state index contributed by atoms with van der Waals surface area (Å²) in [6.07, 6.45) is -0.896. The highest BCUT2D eigenvalue weighted by molar-refractivity contribution is 5.78. The van der Waals surface area contributed by atoms with Crippen LogP contribution in [0.15, 0.2) is 78.2 Å². The summed E-state index contributed by atoms with van der Waals surface area (Å²) in [7, 11) is 0. The van der Waals surface area contributed by atoms with E-state index in [1.54, 1.807) is 36.4 Å². The van der Waals surface area contributed by atoms with Gasteiger partial charge in [0.25, 0.3) is 0 Å². The van der Waals surface area contributed by atoms with Gasteiger partial charge in [0.1, 0.15) is 29.7 Å². The molecule has 0 fully saturated rings. The van der Waals surface area contributed by atoms with E-state index in [-0.39, 0.29) is 24.2 Å². The number of allylic oxidation sites excluding steroid dienone is 1. The Hall–Kier alpha value is -4.44. The first-order chi connectivity index (χ1) is 16.0. The minimum atomic E-state index is -0.896. The lowest BCUT2D eigenvalue weighted by atomic mass is 9.83. The molecule has 3 aromatic rings. The van der Waals surface area contributed by atoms with Crippen LogP contribution >= 0.6 is 0 Å². The molecule has 3 aromatic carbocycles. The van der Waals surface area contributed by atoms with E-state index in [2.05, 4.69) is 6.07 Å². The van der Waals surface area contributed by atoms with Crippen molar-refractivity contribution in [3.05, 3.63) is 94.9 Å². The minimum absolute atomic E-state index is 0.0275. The van der Waals surface area contributed by atoms with Crippen molar-refractivity contribution in [2.24, 2.45) is 5.73 Å². The van der Waals surface area contributed by atoms with Gasteiger partial charge in [0.2, 0.25) is 12.0 Å². The lowest BCUT2D eigenvalue weighted by Gasteiger charge is -2.27. The number of carbonyl (C=O) groups is 1. The van der Waals surface area contributed by atoms with Crippen molar-refractivity contribution < 1.29 is 23.7 Å². The topological polar surface area (TPSA) is 104 Å². The number of hydrogen-bond acceptors (Lipinski definition) is 7. The van der Waals surface area contributed by atoms with Crippen LogP contribution < -0.4 is 24.7 Å². The lowest BCUT2D eigenvalue weighted by Crippen LogP contribution is -2.39. The first kappa shape index (κ1) is 20.5. The van der Waals surface area contributed by atoms with Crippen molar-refractivity contribution >= 4 is 5.97 Å². The van der Waals surface area contributed by atoms with Gasteiger partial charge < -0.3 is 24.7 Å². The van der Waals surface area contributed by atoms with Gasteiger partial charge in [0.15, 0.2) is 11.5 Å². The van der Waals surface area contributed by atoms with Crippen LogP contribution in [0.1, 0.15) is 22.6 Å². The molecule has 5 rings (SSSR count). The SMILES string of the molecule is Cc1ccc(C2C(C#N)=C(N)Oc3cc(OC(=O)C4COc5ccccc5O4)ccc32)cc1. The van der Waals surface area contributed by atoms with Gasteiger partial charge in [-0.15, -0.1) is 0 Å². The zero-order valence-electron chi connectivity index (χ0n) is 17.8. The Bertz CT molecular complexity index is 1310. The Morgan fingerprint density at radius 3 is 2.58 bits per heavy atom. The van der Waals surface area contributed by atoms with Crippen LogP contribution in [0.25, 0.3) is 0 Å². The number of carbonyl (C=O) groups excluding carboxylic acids is 1. The molecule has 0 aliphatic carbocycles. The first-order valence-electron chi connectivity index (χ1n) is 10.4. The normalized spacial score (nSPS) is 18.5. The van der Waals surface area contributed by atoms with E-state index < -0.39 is 12.1 Å². The van der Waals surface area contributed by atoms with Crippen LogP contribution in [0, 0.1) is 18.3 Å². The molecule has 0 radical (unpaired) electrons. The van der Waals surface area contributed by atoms with Gasteiger partial charge in [0, 0.05) is 11.6 Å². The van der Waals surface area contributed by atoms with Crippen LogP contribution in [0.5, 0.6) is 23.0 Å². The number of para-hydroxylation sites is 2. The molecular weight excluding hydrogens is 420 g/mol. The summed E-state index contributed by atoms with van der Waals surface area (Å²) in [5.74, 6) is 0.835. The second-order valence-electron chi connectivity index (χ2n) is 7.82. The predicted octanol–water partition coefficient (Wildman–Crippen LogP) is 3.96. The van der Waals surface area contributed by atoms with E-state index in [0.717, 1.165) is 16.7 Å². The summed E-state index contributed by atoms with van der Waals surface area (Å²) in [4.78, 5) is 12.7. The maximum Gasteiger partial charge on any atom is 0.356 e. The number of nitrogens with two attached hydrogens (primary N) is 1. The molecule has 0 bridgehead atoms. The quantitative estimate of drug-likeness (QED) is 0.486. The number of nitriles is 1. The lowest BCUT2D eigenvalue weighted by molar-refractivity contribution is -0.144. The smallest absolute Gasteiger partial charge is 0.356 e. The number of fused-ring (bicyclic) bond motifs is 2. The van der Waals surface area contributed by atoms with E-state index >= 15 is 0 Å². The average Bonchev–Trinajstić information content (AvgIpc) is 2.83. The Balaban J connectivity index is 1.40. The first-order valence-corrected chi connectivity index (χ1v) is 10.4. The van der Waals surface area contributed by atoms with Crippen molar-refractivity contribution in [2.45, 2.75) is 18.9 Å². The molecule has 2 aliphatic heterocycles. The summed E-state index contributed by atoms with van der Waals surface area (Å²) >= 11 is 0. The van der Waals surface area contributed by atoms with Crippen LogP contribution in [0.4, 0.5) is 0 Å². The molecule has 2 heterocycles. The second-order valence-corrected chi connectivity index (χ2v) is 7.82. The van der Waals surface area contributed by atoms with Crippen molar-refractivity contribution in [3.8, 4) is 29.1 Å². The molecule has 33 heavy (non-hydrogen) atoms. The number of benzene rings is 3. The molecule has 0 saturated heterocycles. The highest BCUT2D eigenvalue weighted by atomic mass is 16.6. The molecule has 0 spiro atoms. The summed E-state index contributed by atoms with van der Waals surface area (Å²) in [6.45, 7) is 2.05. The van der Waals surface area contributed by atoms with Gasteiger partial charge in [-0.05, 0) is 30.7 Å². The number of rotatable bonds is 3. The highest BCUT2D eigenvalue weighted by Gasteiger charge is 2.32. The standard InChI is InChI=1S/C26H20N2O5/c1-15-6-8-16(9-7-15)24-18-11-10-17(12-22(18)33-25(28)19(24)13-27)31-26(29)23-14-30-20-4-2-3-5-21(20)32-23/h2-12,23-24H,14,28H2,1H3. The zero-order chi connectivity index (χ0) is 22.9. The summed E-state index contributed by atoms with van der Waals surface area (Å²) in [6, 6.07) is 22.2.